The lowest BCUT2D eigenvalue weighted by Gasteiger charge is -2.35. The van der Waals surface area contributed by atoms with E-state index in [4.69, 9.17) is 15.2 Å². The average molecular weight is 319 g/mol. The van der Waals surface area contributed by atoms with Crippen molar-refractivity contribution in [2.75, 3.05) is 18.9 Å². The van der Waals surface area contributed by atoms with Crippen LogP contribution in [0, 0.1) is 6.92 Å². The van der Waals surface area contributed by atoms with Gasteiger partial charge in [-0.15, -0.1) is 0 Å². The van der Waals surface area contributed by atoms with Gasteiger partial charge in [-0.2, -0.15) is 5.10 Å². The molecule has 1 aliphatic carbocycles. The third-order valence-corrected chi connectivity index (χ3v) is 4.57. The lowest BCUT2D eigenvalue weighted by molar-refractivity contribution is -0.181. The first-order valence-corrected chi connectivity index (χ1v) is 8.42. The van der Waals surface area contributed by atoms with Gasteiger partial charge in [0, 0.05) is 12.8 Å². The molecule has 3 heterocycles. The highest BCUT2D eigenvalue weighted by molar-refractivity contribution is 5.87. The maximum atomic E-state index is 5.95. The Morgan fingerprint density at radius 2 is 1.83 bits per heavy atom. The second-order valence-electron chi connectivity index (χ2n) is 5.83. The van der Waals surface area contributed by atoms with Gasteiger partial charge >= 0.3 is 0 Å². The molecular formula is C16H25N5O2. The van der Waals surface area contributed by atoms with E-state index in [0.29, 0.717) is 25.1 Å². The van der Waals surface area contributed by atoms with Gasteiger partial charge in [0.1, 0.15) is 12.1 Å². The van der Waals surface area contributed by atoms with Gasteiger partial charge in [-0.3, -0.25) is 0 Å². The Morgan fingerprint density at radius 3 is 2.48 bits per heavy atom. The zero-order chi connectivity index (χ0) is 16.4. The molecule has 7 heteroatoms. The van der Waals surface area contributed by atoms with Gasteiger partial charge in [-0.05, 0) is 19.8 Å². The maximum Gasteiger partial charge on any atom is 0.168 e. The number of nitrogens with two attached hydrogens (primary N) is 1. The van der Waals surface area contributed by atoms with Crippen LogP contribution in [0.5, 0.6) is 0 Å². The molecule has 4 rings (SSSR count). The fourth-order valence-corrected chi connectivity index (χ4v) is 3.50. The van der Waals surface area contributed by atoms with Crippen LogP contribution in [0.25, 0.3) is 11.0 Å². The number of anilines is 1. The number of rotatable bonds is 1. The third kappa shape index (κ3) is 2.79. The van der Waals surface area contributed by atoms with Gasteiger partial charge in [0.05, 0.1) is 30.3 Å². The van der Waals surface area contributed by atoms with Crippen LogP contribution >= 0.6 is 0 Å². The maximum absolute atomic E-state index is 5.95. The van der Waals surface area contributed by atoms with E-state index in [1.54, 1.807) is 0 Å². The molecule has 2 aromatic heterocycles. The summed E-state index contributed by atoms with van der Waals surface area (Å²) in [7, 11) is 0. The number of hydrogen-bond donors (Lipinski definition) is 1. The van der Waals surface area contributed by atoms with Gasteiger partial charge in [0.2, 0.25) is 0 Å². The quantitative estimate of drug-likeness (QED) is 0.869. The first-order chi connectivity index (χ1) is 11.2. The Bertz CT molecular complexity index is 668. The SMILES string of the molecule is CC.Cc1nn(C2CCC3(CC2)OCCO3)c2ncnc(N)c12. The van der Waals surface area contributed by atoms with Crippen LogP contribution in [0.15, 0.2) is 6.33 Å². The topological polar surface area (TPSA) is 88.1 Å². The summed E-state index contributed by atoms with van der Waals surface area (Å²) in [5, 5.41) is 5.51. The highest BCUT2D eigenvalue weighted by Gasteiger charge is 2.41. The molecule has 1 aliphatic heterocycles. The van der Waals surface area contributed by atoms with Crippen molar-refractivity contribution in [3.05, 3.63) is 12.0 Å². The summed E-state index contributed by atoms with van der Waals surface area (Å²) in [6.45, 7) is 7.36. The van der Waals surface area contributed by atoms with E-state index >= 15 is 0 Å². The van der Waals surface area contributed by atoms with Gasteiger partial charge in [0.15, 0.2) is 11.4 Å². The van der Waals surface area contributed by atoms with Crippen molar-refractivity contribution in [1.29, 1.82) is 0 Å². The van der Waals surface area contributed by atoms with E-state index in [1.165, 1.54) is 6.33 Å². The molecule has 23 heavy (non-hydrogen) atoms. The summed E-state index contributed by atoms with van der Waals surface area (Å²) in [6, 6.07) is 0.314. The first kappa shape index (κ1) is 16.1. The predicted octanol–water partition coefficient (Wildman–Crippen LogP) is 2.60. The highest BCUT2D eigenvalue weighted by Crippen LogP contribution is 2.41. The highest BCUT2D eigenvalue weighted by atomic mass is 16.7. The second kappa shape index (κ2) is 6.41. The number of hydrogen-bond acceptors (Lipinski definition) is 6. The summed E-state index contributed by atoms with van der Waals surface area (Å²) in [5.41, 5.74) is 7.66. The van der Waals surface area contributed by atoms with Crippen LogP contribution in [0.3, 0.4) is 0 Å². The van der Waals surface area contributed by atoms with E-state index in [0.717, 1.165) is 42.4 Å². The molecule has 2 fully saturated rings. The summed E-state index contributed by atoms with van der Waals surface area (Å²) >= 11 is 0. The number of aromatic nitrogens is 4. The number of nitrogen functional groups attached to an aromatic ring is 1. The van der Waals surface area contributed by atoms with Crippen LogP contribution in [-0.4, -0.2) is 38.7 Å². The van der Waals surface area contributed by atoms with Crippen molar-refractivity contribution in [2.24, 2.45) is 0 Å². The first-order valence-electron chi connectivity index (χ1n) is 8.42. The monoisotopic (exact) mass is 319 g/mol. The van der Waals surface area contributed by atoms with E-state index in [1.807, 2.05) is 25.5 Å². The molecule has 1 spiro atoms. The Hall–Kier alpha value is -1.73. The zero-order valence-corrected chi connectivity index (χ0v) is 14.1. The summed E-state index contributed by atoms with van der Waals surface area (Å²) in [6.07, 6.45) is 5.25. The van der Waals surface area contributed by atoms with Crippen molar-refractivity contribution in [1.82, 2.24) is 19.7 Å². The van der Waals surface area contributed by atoms with Gasteiger partial charge in [-0.25, -0.2) is 14.6 Å². The molecule has 2 aromatic rings. The molecule has 0 amide bonds. The van der Waals surface area contributed by atoms with Crippen LogP contribution in [-0.2, 0) is 9.47 Å². The van der Waals surface area contributed by atoms with Crippen LogP contribution in [0.4, 0.5) is 5.82 Å². The molecule has 0 aromatic carbocycles. The largest absolute Gasteiger partial charge is 0.383 e. The molecule has 0 radical (unpaired) electrons. The lowest BCUT2D eigenvalue weighted by Crippen LogP contribution is -2.36. The molecule has 126 valence electrons. The van der Waals surface area contributed by atoms with Crippen molar-refractivity contribution in [2.45, 2.75) is 58.3 Å². The normalized spacial score (nSPS) is 20.7. The summed E-state index contributed by atoms with van der Waals surface area (Å²) in [4.78, 5) is 8.43. The zero-order valence-electron chi connectivity index (χ0n) is 14.1. The van der Waals surface area contributed by atoms with E-state index in [-0.39, 0.29) is 5.79 Å². The molecule has 1 saturated carbocycles. The fraction of sp³-hybridized carbons (Fsp3) is 0.688. The minimum absolute atomic E-state index is 0.314. The third-order valence-electron chi connectivity index (χ3n) is 4.57. The number of ether oxygens (including phenoxy) is 2. The summed E-state index contributed by atoms with van der Waals surface area (Å²) < 4.78 is 13.6. The van der Waals surface area contributed by atoms with Crippen molar-refractivity contribution < 1.29 is 9.47 Å². The van der Waals surface area contributed by atoms with Crippen LogP contribution < -0.4 is 5.73 Å². The smallest absolute Gasteiger partial charge is 0.168 e. The van der Waals surface area contributed by atoms with Gasteiger partial charge < -0.3 is 15.2 Å². The minimum atomic E-state index is -0.345. The van der Waals surface area contributed by atoms with E-state index in [2.05, 4.69) is 15.1 Å². The van der Waals surface area contributed by atoms with Crippen LogP contribution in [0.2, 0.25) is 0 Å². The lowest BCUT2D eigenvalue weighted by atomic mass is 9.90. The second-order valence-corrected chi connectivity index (χ2v) is 5.83. The Balaban J connectivity index is 0.000000753. The fourth-order valence-electron chi connectivity index (χ4n) is 3.50. The Morgan fingerprint density at radius 1 is 1.17 bits per heavy atom. The average Bonchev–Trinajstić information content (AvgIpc) is 3.16. The molecular weight excluding hydrogens is 294 g/mol. The van der Waals surface area contributed by atoms with Crippen molar-refractivity contribution in [3.8, 4) is 0 Å². The molecule has 2 aliphatic rings. The Labute approximate surface area is 136 Å². The van der Waals surface area contributed by atoms with Crippen molar-refractivity contribution >= 4 is 16.9 Å². The summed E-state index contributed by atoms with van der Waals surface area (Å²) in [5.74, 6) is 0.154. The Kier molecular flexibility index (Phi) is 4.50. The molecule has 2 N–H and O–H groups in total. The van der Waals surface area contributed by atoms with Gasteiger partial charge in [-0.1, -0.05) is 13.8 Å². The van der Waals surface area contributed by atoms with E-state index < -0.39 is 0 Å². The molecule has 7 nitrogen and oxygen atoms in total. The molecule has 0 unspecified atom stereocenters. The number of nitrogens with zero attached hydrogens (tertiary/aromatic N) is 4. The molecule has 0 atom stereocenters. The predicted molar refractivity (Wildman–Crippen MR) is 88.0 cm³/mol. The van der Waals surface area contributed by atoms with Crippen molar-refractivity contribution in [3.63, 3.8) is 0 Å². The van der Waals surface area contributed by atoms with Gasteiger partial charge in [0.25, 0.3) is 0 Å². The molecule has 0 bridgehead atoms. The minimum Gasteiger partial charge on any atom is -0.383 e. The number of fused-ring (bicyclic) bond motifs is 1. The standard InChI is InChI=1S/C14H19N5O2.C2H6/c1-9-11-12(15)16-8-17-13(11)19(18-9)10-2-4-14(5-3-10)20-6-7-21-14;1-2/h8,10H,2-7H2,1H3,(H2,15,16,17);1-2H3. The number of aryl methyl sites for hydroxylation is 1. The molecule has 1 saturated heterocycles. The van der Waals surface area contributed by atoms with E-state index in [9.17, 15) is 0 Å². The van der Waals surface area contributed by atoms with Crippen LogP contribution in [0.1, 0.15) is 51.3 Å².